The minimum absolute atomic E-state index is 0.0761. The Kier molecular flexibility index (Phi) is 3.97. The van der Waals surface area contributed by atoms with Gasteiger partial charge in [0, 0.05) is 12.0 Å². The molecule has 0 atom stereocenters. The van der Waals surface area contributed by atoms with E-state index >= 15 is 0 Å². The van der Waals surface area contributed by atoms with Crippen molar-refractivity contribution in [2.24, 2.45) is 5.41 Å². The molecule has 0 aromatic heterocycles. The Hall–Kier alpha value is -1.42. The lowest BCUT2D eigenvalue weighted by Gasteiger charge is -2.17. The zero-order valence-corrected chi connectivity index (χ0v) is 10.9. The number of hydrogen-bond donors (Lipinski definition) is 3. The molecular weight excluding hydrogens is 228 g/mol. The van der Waals surface area contributed by atoms with Crippen LogP contribution in [-0.4, -0.2) is 24.9 Å². The number of nitrogens with two attached hydrogens (primary N) is 1. The molecule has 2 rings (SSSR count). The van der Waals surface area contributed by atoms with Crippen LogP contribution < -0.4 is 15.8 Å². The zero-order valence-electron chi connectivity index (χ0n) is 10.9. The molecule has 0 saturated heterocycles. The second-order valence-corrected chi connectivity index (χ2v) is 5.08. The average molecular weight is 250 g/mol. The third kappa shape index (κ3) is 2.88. The lowest BCUT2D eigenvalue weighted by atomic mass is 10.1. The van der Waals surface area contributed by atoms with Gasteiger partial charge in [0.2, 0.25) is 0 Å². The minimum atomic E-state index is 0.0761. The van der Waals surface area contributed by atoms with Crippen molar-refractivity contribution < 1.29 is 9.84 Å². The number of para-hydroxylation sites is 1. The van der Waals surface area contributed by atoms with Gasteiger partial charge >= 0.3 is 0 Å². The highest BCUT2D eigenvalue weighted by atomic mass is 16.5. The first-order valence-electron chi connectivity index (χ1n) is 6.57. The number of ether oxygens (including phenoxy) is 1. The van der Waals surface area contributed by atoms with Crippen molar-refractivity contribution in [3.63, 3.8) is 0 Å². The number of anilines is 2. The summed E-state index contributed by atoms with van der Waals surface area (Å²) in [6, 6.07) is 5.76. The maximum absolute atomic E-state index is 9.28. The summed E-state index contributed by atoms with van der Waals surface area (Å²) >= 11 is 0. The van der Waals surface area contributed by atoms with Crippen molar-refractivity contribution in [3.05, 3.63) is 18.2 Å². The molecule has 1 aliphatic carbocycles. The van der Waals surface area contributed by atoms with Crippen molar-refractivity contribution >= 4 is 11.4 Å². The molecule has 0 aliphatic heterocycles. The monoisotopic (exact) mass is 250 g/mol. The van der Waals surface area contributed by atoms with Crippen LogP contribution in [0.25, 0.3) is 0 Å². The van der Waals surface area contributed by atoms with E-state index in [0.29, 0.717) is 12.3 Å². The van der Waals surface area contributed by atoms with Crippen LogP contribution in [0.15, 0.2) is 18.2 Å². The number of aliphatic hydroxyl groups excluding tert-OH is 1. The van der Waals surface area contributed by atoms with Gasteiger partial charge in [0.25, 0.3) is 0 Å². The minimum Gasteiger partial charge on any atom is -0.491 e. The molecule has 18 heavy (non-hydrogen) atoms. The van der Waals surface area contributed by atoms with Crippen LogP contribution in [0.2, 0.25) is 0 Å². The summed E-state index contributed by atoms with van der Waals surface area (Å²) < 4.78 is 5.59. The van der Waals surface area contributed by atoms with Gasteiger partial charge in [-0.2, -0.15) is 0 Å². The van der Waals surface area contributed by atoms with Gasteiger partial charge in [-0.25, -0.2) is 0 Å². The van der Waals surface area contributed by atoms with Gasteiger partial charge in [0.1, 0.15) is 5.75 Å². The van der Waals surface area contributed by atoms with Crippen molar-refractivity contribution in [2.75, 3.05) is 30.8 Å². The predicted octanol–water partition coefficient (Wildman–Crippen LogP) is 2.24. The molecule has 4 N–H and O–H groups in total. The molecule has 1 fully saturated rings. The molecule has 100 valence electrons. The Bertz CT molecular complexity index is 403. The maximum atomic E-state index is 9.28. The van der Waals surface area contributed by atoms with Gasteiger partial charge in [-0.05, 0) is 31.4 Å². The van der Waals surface area contributed by atoms with Gasteiger partial charge < -0.3 is 20.9 Å². The average Bonchev–Trinajstić information content (AvgIpc) is 3.17. The molecule has 1 saturated carbocycles. The zero-order chi connectivity index (χ0) is 13.0. The van der Waals surface area contributed by atoms with Gasteiger partial charge in [-0.1, -0.05) is 13.0 Å². The summed E-state index contributed by atoms with van der Waals surface area (Å²) in [6.07, 6.45) is 3.13. The van der Waals surface area contributed by atoms with E-state index < -0.39 is 0 Å². The van der Waals surface area contributed by atoms with E-state index in [1.807, 2.05) is 18.2 Å². The molecule has 1 aliphatic rings. The van der Waals surface area contributed by atoms with Crippen LogP contribution in [0.3, 0.4) is 0 Å². The molecule has 0 spiro atoms. The van der Waals surface area contributed by atoms with E-state index in [2.05, 4.69) is 12.2 Å². The lowest BCUT2D eigenvalue weighted by Crippen LogP contribution is -2.19. The van der Waals surface area contributed by atoms with Crippen LogP contribution in [0, 0.1) is 5.41 Å². The fraction of sp³-hybridized carbons (Fsp3) is 0.571. The van der Waals surface area contributed by atoms with E-state index in [4.69, 9.17) is 10.5 Å². The Balaban J connectivity index is 1.99. The molecule has 0 radical (unpaired) electrons. The number of rotatable bonds is 7. The van der Waals surface area contributed by atoms with Gasteiger partial charge in [-0.15, -0.1) is 0 Å². The number of aliphatic hydroxyl groups is 1. The van der Waals surface area contributed by atoms with Crippen molar-refractivity contribution in [2.45, 2.75) is 26.2 Å². The SMILES string of the molecule is CCCOc1cccc(NCC2(CO)CC2)c1N. The molecule has 4 heteroatoms. The van der Waals surface area contributed by atoms with E-state index in [1.54, 1.807) is 0 Å². The van der Waals surface area contributed by atoms with Crippen molar-refractivity contribution in [1.82, 2.24) is 0 Å². The molecule has 0 bridgehead atoms. The Morgan fingerprint density at radius 2 is 2.22 bits per heavy atom. The third-order valence-electron chi connectivity index (χ3n) is 3.47. The van der Waals surface area contributed by atoms with E-state index in [-0.39, 0.29) is 12.0 Å². The topological polar surface area (TPSA) is 67.5 Å². The Morgan fingerprint density at radius 3 is 2.83 bits per heavy atom. The highest BCUT2D eigenvalue weighted by Gasteiger charge is 2.41. The molecule has 0 amide bonds. The normalized spacial score (nSPS) is 16.3. The van der Waals surface area contributed by atoms with E-state index in [0.717, 1.165) is 37.2 Å². The molecule has 1 aromatic carbocycles. The lowest BCUT2D eigenvalue weighted by molar-refractivity contribution is 0.220. The number of nitrogens with one attached hydrogen (secondary N) is 1. The van der Waals surface area contributed by atoms with E-state index in [9.17, 15) is 5.11 Å². The second-order valence-electron chi connectivity index (χ2n) is 5.08. The first-order chi connectivity index (χ1) is 8.71. The largest absolute Gasteiger partial charge is 0.491 e. The third-order valence-corrected chi connectivity index (χ3v) is 3.47. The first kappa shape index (κ1) is 13.0. The highest BCUT2D eigenvalue weighted by molar-refractivity contribution is 5.73. The summed E-state index contributed by atoms with van der Waals surface area (Å²) in [5, 5.41) is 12.6. The van der Waals surface area contributed by atoms with Crippen LogP contribution >= 0.6 is 0 Å². The molecule has 0 heterocycles. The van der Waals surface area contributed by atoms with Crippen LogP contribution in [0.4, 0.5) is 11.4 Å². The fourth-order valence-electron chi connectivity index (χ4n) is 1.89. The van der Waals surface area contributed by atoms with E-state index in [1.165, 1.54) is 0 Å². The molecule has 1 aromatic rings. The highest BCUT2D eigenvalue weighted by Crippen LogP contribution is 2.45. The smallest absolute Gasteiger partial charge is 0.144 e. The second kappa shape index (κ2) is 5.48. The summed E-state index contributed by atoms with van der Waals surface area (Å²) in [5.41, 5.74) is 7.69. The van der Waals surface area contributed by atoms with Gasteiger partial charge in [0.05, 0.1) is 24.6 Å². The van der Waals surface area contributed by atoms with Crippen LogP contribution in [-0.2, 0) is 0 Å². The van der Waals surface area contributed by atoms with Crippen molar-refractivity contribution in [1.29, 1.82) is 0 Å². The number of nitrogen functional groups attached to an aromatic ring is 1. The quantitative estimate of drug-likeness (QED) is 0.649. The standard InChI is InChI=1S/C14H22N2O2/c1-2-8-18-12-5-3-4-11(13(12)15)16-9-14(10-17)6-7-14/h3-5,16-17H,2,6-10,15H2,1H3. The first-order valence-corrected chi connectivity index (χ1v) is 6.57. The molecule has 4 nitrogen and oxygen atoms in total. The molecular formula is C14H22N2O2. The number of benzene rings is 1. The summed E-state index contributed by atoms with van der Waals surface area (Å²) in [4.78, 5) is 0. The van der Waals surface area contributed by atoms with Crippen molar-refractivity contribution in [3.8, 4) is 5.75 Å². The Labute approximate surface area is 108 Å². The summed E-state index contributed by atoms with van der Waals surface area (Å²) in [7, 11) is 0. The van der Waals surface area contributed by atoms with Crippen LogP contribution in [0.1, 0.15) is 26.2 Å². The predicted molar refractivity (Wildman–Crippen MR) is 73.9 cm³/mol. The molecule has 0 unspecified atom stereocenters. The van der Waals surface area contributed by atoms with Crippen LogP contribution in [0.5, 0.6) is 5.75 Å². The maximum Gasteiger partial charge on any atom is 0.144 e. The Morgan fingerprint density at radius 1 is 1.44 bits per heavy atom. The fourth-order valence-corrected chi connectivity index (χ4v) is 1.89. The number of hydrogen-bond acceptors (Lipinski definition) is 4. The summed E-state index contributed by atoms with van der Waals surface area (Å²) in [5.74, 6) is 0.732. The van der Waals surface area contributed by atoms with Gasteiger partial charge in [0.15, 0.2) is 0 Å². The summed E-state index contributed by atoms with van der Waals surface area (Å²) in [6.45, 7) is 3.75. The van der Waals surface area contributed by atoms with Gasteiger partial charge in [-0.3, -0.25) is 0 Å².